The first-order valence-corrected chi connectivity index (χ1v) is 5.21. The molecule has 1 aromatic heterocycles. The number of alkyl halides is 1. The number of halogens is 1. The zero-order valence-electron chi connectivity index (χ0n) is 8.17. The Morgan fingerprint density at radius 2 is 2.07 bits per heavy atom. The van der Waals surface area contributed by atoms with Gasteiger partial charge >= 0.3 is 0 Å². The van der Waals surface area contributed by atoms with E-state index in [2.05, 4.69) is 4.98 Å². The van der Waals surface area contributed by atoms with Crippen LogP contribution >= 0.6 is 11.6 Å². The lowest BCUT2D eigenvalue weighted by Gasteiger charge is -2.16. The maximum atomic E-state index is 9.69. The van der Waals surface area contributed by atoms with E-state index in [4.69, 9.17) is 16.7 Å². The van der Waals surface area contributed by atoms with Gasteiger partial charge < -0.3 is 15.3 Å². The Balaban J connectivity index is 2.76. The Morgan fingerprint density at radius 1 is 1.33 bits per heavy atom. The normalized spacial score (nSPS) is 14.9. The van der Waals surface area contributed by atoms with Gasteiger partial charge in [0.2, 0.25) is 0 Å². The molecule has 4 nitrogen and oxygen atoms in total. The monoisotopic (exact) mass is 231 g/mol. The summed E-state index contributed by atoms with van der Waals surface area (Å²) < 4.78 is 0. The number of hydrogen-bond donors (Lipinski definition) is 3. The second-order valence-electron chi connectivity index (χ2n) is 3.20. The van der Waals surface area contributed by atoms with E-state index in [1.54, 1.807) is 18.2 Å². The summed E-state index contributed by atoms with van der Waals surface area (Å²) >= 11 is 5.45. The lowest BCUT2D eigenvalue weighted by atomic mass is 10.1. The Hall–Kier alpha value is -0.680. The standard InChI is InChI=1S/C10H14ClNO3/c11-5-4-9(14)10(15)8-3-1-2-7(6-13)12-8/h1-3,9-10,13-15H,4-6H2. The predicted octanol–water partition coefficient (Wildman–Crippen LogP) is 0.597. The van der Waals surface area contributed by atoms with Crippen molar-refractivity contribution in [3.63, 3.8) is 0 Å². The molecule has 0 aromatic carbocycles. The van der Waals surface area contributed by atoms with Crippen LogP contribution in [0.5, 0.6) is 0 Å². The van der Waals surface area contributed by atoms with Gasteiger partial charge in [-0.05, 0) is 18.6 Å². The molecule has 0 aliphatic rings. The van der Waals surface area contributed by atoms with Crippen molar-refractivity contribution in [3.05, 3.63) is 29.6 Å². The Labute approximate surface area is 93.2 Å². The van der Waals surface area contributed by atoms with Crippen molar-refractivity contribution in [2.45, 2.75) is 25.2 Å². The Morgan fingerprint density at radius 3 is 2.67 bits per heavy atom. The molecule has 0 saturated heterocycles. The highest BCUT2D eigenvalue weighted by molar-refractivity contribution is 6.17. The van der Waals surface area contributed by atoms with E-state index >= 15 is 0 Å². The molecule has 15 heavy (non-hydrogen) atoms. The highest BCUT2D eigenvalue weighted by Crippen LogP contribution is 2.17. The minimum absolute atomic E-state index is 0.188. The zero-order chi connectivity index (χ0) is 11.3. The van der Waals surface area contributed by atoms with E-state index in [1.165, 1.54) is 0 Å². The molecule has 3 N–H and O–H groups in total. The van der Waals surface area contributed by atoms with Gasteiger partial charge in [0.25, 0.3) is 0 Å². The number of pyridine rings is 1. The average Bonchev–Trinajstić information content (AvgIpc) is 2.28. The molecule has 1 aromatic rings. The van der Waals surface area contributed by atoms with Crippen LogP contribution < -0.4 is 0 Å². The zero-order valence-corrected chi connectivity index (χ0v) is 8.93. The lowest BCUT2D eigenvalue weighted by Crippen LogP contribution is -2.20. The number of nitrogens with zero attached hydrogens (tertiary/aromatic N) is 1. The lowest BCUT2D eigenvalue weighted by molar-refractivity contribution is 0.0142. The third-order valence-corrected chi connectivity index (χ3v) is 2.28. The van der Waals surface area contributed by atoms with Gasteiger partial charge in [0.05, 0.1) is 24.1 Å². The van der Waals surface area contributed by atoms with Gasteiger partial charge in [0, 0.05) is 5.88 Å². The Bertz CT molecular complexity index is 308. The summed E-state index contributed by atoms with van der Waals surface area (Å²) in [4.78, 5) is 3.99. The highest BCUT2D eigenvalue weighted by Gasteiger charge is 2.18. The molecule has 0 saturated carbocycles. The smallest absolute Gasteiger partial charge is 0.122 e. The first-order chi connectivity index (χ1) is 7.19. The molecule has 0 amide bonds. The van der Waals surface area contributed by atoms with Crippen LogP contribution in [0.3, 0.4) is 0 Å². The number of aliphatic hydroxyl groups excluding tert-OH is 3. The van der Waals surface area contributed by atoms with Gasteiger partial charge in [-0.2, -0.15) is 0 Å². The third-order valence-electron chi connectivity index (χ3n) is 2.06. The topological polar surface area (TPSA) is 73.6 Å². The Kier molecular flexibility index (Phi) is 4.98. The maximum Gasteiger partial charge on any atom is 0.122 e. The molecular weight excluding hydrogens is 218 g/mol. The molecule has 2 unspecified atom stereocenters. The summed E-state index contributed by atoms with van der Waals surface area (Å²) in [6, 6.07) is 4.91. The van der Waals surface area contributed by atoms with Crippen molar-refractivity contribution < 1.29 is 15.3 Å². The maximum absolute atomic E-state index is 9.69. The highest BCUT2D eigenvalue weighted by atomic mass is 35.5. The first-order valence-electron chi connectivity index (χ1n) is 4.67. The number of aliphatic hydroxyl groups is 3. The number of aromatic nitrogens is 1. The molecule has 0 fully saturated rings. The molecule has 1 rings (SSSR count). The van der Waals surface area contributed by atoms with E-state index in [-0.39, 0.29) is 12.5 Å². The van der Waals surface area contributed by atoms with Crippen LogP contribution in [-0.2, 0) is 6.61 Å². The van der Waals surface area contributed by atoms with Gasteiger partial charge in [-0.1, -0.05) is 6.07 Å². The molecule has 2 atom stereocenters. The van der Waals surface area contributed by atoms with E-state index in [9.17, 15) is 10.2 Å². The van der Waals surface area contributed by atoms with E-state index in [0.717, 1.165) is 0 Å². The molecule has 84 valence electrons. The van der Waals surface area contributed by atoms with E-state index in [0.29, 0.717) is 17.8 Å². The average molecular weight is 232 g/mol. The molecular formula is C10H14ClNO3. The summed E-state index contributed by atoms with van der Waals surface area (Å²) in [5, 5.41) is 28.0. The van der Waals surface area contributed by atoms with Gasteiger partial charge in [0.15, 0.2) is 0 Å². The van der Waals surface area contributed by atoms with Crippen molar-refractivity contribution in [2.24, 2.45) is 0 Å². The van der Waals surface area contributed by atoms with Gasteiger partial charge in [0.1, 0.15) is 6.10 Å². The minimum atomic E-state index is -1.06. The fraction of sp³-hybridized carbons (Fsp3) is 0.500. The second kappa shape index (κ2) is 6.02. The van der Waals surface area contributed by atoms with E-state index < -0.39 is 12.2 Å². The number of rotatable bonds is 5. The number of hydrogen-bond acceptors (Lipinski definition) is 4. The van der Waals surface area contributed by atoms with Crippen LogP contribution in [-0.4, -0.2) is 32.3 Å². The van der Waals surface area contributed by atoms with Crippen molar-refractivity contribution >= 4 is 11.6 Å². The summed E-state index contributed by atoms with van der Waals surface area (Å²) in [6.07, 6.45) is -1.69. The molecule has 5 heteroatoms. The van der Waals surface area contributed by atoms with Gasteiger partial charge in [-0.25, -0.2) is 0 Å². The fourth-order valence-electron chi connectivity index (χ4n) is 1.22. The molecule has 0 bridgehead atoms. The van der Waals surface area contributed by atoms with Crippen molar-refractivity contribution in [3.8, 4) is 0 Å². The summed E-state index contributed by atoms with van der Waals surface area (Å²) in [6.45, 7) is -0.188. The van der Waals surface area contributed by atoms with Gasteiger partial charge in [-0.15, -0.1) is 11.6 Å². The van der Waals surface area contributed by atoms with Crippen LogP contribution in [0.4, 0.5) is 0 Å². The van der Waals surface area contributed by atoms with Crippen LogP contribution in [0.1, 0.15) is 23.9 Å². The van der Waals surface area contributed by atoms with Crippen molar-refractivity contribution in [1.82, 2.24) is 4.98 Å². The van der Waals surface area contributed by atoms with Gasteiger partial charge in [-0.3, -0.25) is 4.98 Å². The van der Waals surface area contributed by atoms with Crippen LogP contribution in [0.15, 0.2) is 18.2 Å². The molecule has 0 aliphatic heterocycles. The van der Waals surface area contributed by atoms with Crippen molar-refractivity contribution in [1.29, 1.82) is 0 Å². The van der Waals surface area contributed by atoms with Crippen LogP contribution in [0.25, 0.3) is 0 Å². The fourth-order valence-corrected chi connectivity index (χ4v) is 1.44. The van der Waals surface area contributed by atoms with Crippen LogP contribution in [0, 0.1) is 0 Å². The van der Waals surface area contributed by atoms with E-state index in [1.807, 2.05) is 0 Å². The molecule has 0 aliphatic carbocycles. The predicted molar refractivity (Wildman–Crippen MR) is 56.5 cm³/mol. The SMILES string of the molecule is OCc1cccc(C(O)C(O)CCCl)n1. The summed E-state index contributed by atoms with van der Waals surface area (Å²) in [5.74, 6) is 0.276. The molecule has 1 heterocycles. The quantitative estimate of drug-likeness (QED) is 0.649. The third kappa shape index (κ3) is 3.43. The molecule has 0 spiro atoms. The summed E-state index contributed by atoms with van der Waals surface area (Å²) in [5.41, 5.74) is 0.809. The first kappa shape index (κ1) is 12.4. The van der Waals surface area contributed by atoms with Crippen molar-refractivity contribution in [2.75, 3.05) is 5.88 Å². The van der Waals surface area contributed by atoms with Crippen LogP contribution in [0.2, 0.25) is 0 Å². The second-order valence-corrected chi connectivity index (χ2v) is 3.58. The minimum Gasteiger partial charge on any atom is -0.390 e. The largest absolute Gasteiger partial charge is 0.390 e. The summed E-state index contributed by atoms with van der Waals surface area (Å²) in [7, 11) is 0. The molecule has 0 radical (unpaired) electrons.